The van der Waals surface area contributed by atoms with Crippen molar-refractivity contribution in [3.05, 3.63) is 63.9 Å². The Hall–Kier alpha value is -2.05. The van der Waals surface area contributed by atoms with Crippen LogP contribution in [-0.2, 0) is 17.8 Å². The summed E-state index contributed by atoms with van der Waals surface area (Å²) in [6.45, 7) is 7.57. The normalized spacial score (nSPS) is 12.4. The fourth-order valence-corrected chi connectivity index (χ4v) is 3.96. The molecule has 0 saturated carbocycles. The van der Waals surface area contributed by atoms with Crippen molar-refractivity contribution < 1.29 is 9.13 Å². The number of benzene rings is 1. The SMILES string of the molecule is CCNC(=NCc1ccc(-n2ccnc2C)c(F)c1)N(C)Cc1csc(C(C)OC)n1.I. The van der Waals surface area contributed by atoms with Crippen LogP contribution in [-0.4, -0.2) is 46.1 Å². The number of hydrogen-bond donors (Lipinski definition) is 1. The van der Waals surface area contributed by atoms with Gasteiger partial charge in [0.15, 0.2) is 5.96 Å². The van der Waals surface area contributed by atoms with Crippen molar-refractivity contribution in [3.8, 4) is 5.69 Å². The first kappa shape index (κ1) is 26.2. The molecule has 0 aliphatic rings. The quantitative estimate of drug-likeness (QED) is 0.241. The van der Waals surface area contributed by atoms with E-state index in [-0.39, 0.29) is 35.9 Å². The van der Waals surface area contributed by atoms with Gasteiger partial charge >= 0.3 is 0 Å². The number of aromatic nitrogens is 3. The van der Waals surface area contributed by atoms with Gasteiger partial charge in [-0.05, 0) is 38.5 Å². The molecule has 1 N–H and O–H groups in total. The van der Waals surface area contributed by atoms with Crippen LogP contribution in [0.15, 0.2) is 41.0 Å². The Bertz CT molecular complexity index is 1040. The Morgan fingerprint density at radius 2 is 2.19 bits per heavy atom. The molecule has 174 valence electrons. The largest absolute Gasteiger partial charge is 0.375 e. The first-order chi connectivity index (χ1) is 14.9. The van der Waals surface area contributed by atoms with Gasteiger partial charge in [0, 0.05) is 38.5 Å². The van der Waals surface area contributed by atoms with Gasteiger partial charge < -0.3 is 19.5 Å². The van der Waals surface area contributed by atoms with E-state index in [2.05, 4.69) is 20.3 Å². The molecule has 10 heteroatoms. The van der Waals surface area contributed by atoms with Crippen molar-refractivity contribution in [2.75, 3.05) is 20.7 Å². The minimum atomic E-state index is -0.297. The van der Waals surface area contributed by atoms with Gasteiger partial charge in [-0.15, -0.1) is 35.3 Å². The van der Waals surface area contributed by atoms with E-state index in [1.807, 2.05) is 44.2 Å². The molecule has 1 atom stereocenters. The Balaban J connectivity index is 0.00000363. The topological polar surface area (TPSA) is 67.6 Å². The smallest absolute Gasteiger partial charge is 0.194 e. The van der Waals surface area contributed by atoms with Gasteiger partial charge in [0.2, 0.25) is 0 Å². The van der Waals surface area contributed by atoms with Crippen molar-refractivity contribution in [1.82, 2.24) is 24.8 Å². The van der Waals surface area contributed by atoms with E-state index in [0.29, 0.717) is 18.8 Å². The molecule has 1 aromatic carbocycles. The summed E-state index contributed by atoms with van der Waals surface area (Å²) < 4.78 is 21.7. The zero-order chi connectivity index (χ0) is 22.4. The minimum absolute atomic E-state index is 0. The number of ether oxygens (including phenoxy) is 1. The second-order valence-electron chi connectivity index (χ2n) is 7.21. The predicted octanol–water partition coefficient (Wildman–Crippen LogP) is 4.70. The maximum Gasteiger partial charge on any atom is 0.194 e. The average molecular weight is 572 g/mol. The molecular formula is C22H30FIN6OS. The van der Waals surface area contributed by atoms with Gasteiger partial charge in [-0.2, -0.15) is 0 Å². The van der Waals surface area contributed by atoms with E-state index in [1.165, 1.54) is 6.07 Å². The summed E-state index contributed by atoms with van der Waals surface area (Å²) in [7, 11) is 3.64. The van der Waals surface area contributed by atoms with Gasteiger partial charge in [0.1, 0.15) is 22.8 Å². The maximum absolute atomic E-state index is 14.7. The molecule has 2 heterocycles. The van der Waals surface area contributed by atoms with Crippen LogP contribution in [0.25, 0.3) is 5.69 Å². The highest BCUT2D eigenvalue weighted by atomic mass is 127. The number of guanidine groups is 1. The molecule has 0 fully saturated rings. The van der Waals surface area contributed by atoms with Crippen molar-refractivity contribution in [2.45, 2.75) is 40.0 Å². The van der Waals surface area contributed by atoms with Crippen LogP contribution in [0.1, 0.15) is 42.0 Å². The highest BCUT2D eigenvalue weighted by Crippen LogP contribution is 2.21. The van der Waals surface area contributed by atoms with Crippen LogP contribution in [0.3, 0.4) is 0 Å². The van der Waals surface area contributed by atoms with Crippen molar-refractivity contribution in [1.29, 1.82) is 0 Å². The molecule has 3 aromatic rings. The summed E-state index contributed by atoms with van der Waals surface area (Å²) in [6.07, 6.45) is 3.39. The number of halogens is 2. The molecule has 1 unspecified atom stereocenters. The zero-order valence-electron chi connectivity index (χ0n) is 19.0. The molecule has 0 aliphatic carbocycles. The third-order valence-electron chi connectivity index (χ3n) is 4.88. The number of aliphatic imine (C=N–C) groups is 1. The van der Waals surface area contributed by atoms with Gasteiger partial charge in [-0.25, -0.2) is 19.4 Å². The van der Waals surface area contributed by atoms with Gasteiger partial charge in [0.25, 0.3) is 0 Å². The Morgan fingerprint density at radius 1 is 1.41 bits per heavy atom. The zero-order valence-corrected chi connectivity index (χ0v) is 22.1. The molecule has 0 aliphatic heterocycles. The number of aryl methyl sites for hydroxylation is 1. The van der Waals surface area contributed by atoms with Crippen molar-refractivity contribution in [2.24, 2.45) is 4.99 Å². The van der Waals surface area contributed by atoms with Crippen LogP contribution in [0, 0.1) is 12.7 Å². The molecule has 3 rings (SSSR count). The van der Waals surface area contributed by atoms with Crippen LogP contribution >= 0.6 is 35.3 Å². The molecule has 0 bridgehead atoms. The lowest BCUT2D eigenvalue weighted by Crippen LogP contribution is -2.38. The summed E-state index contributed by atoms with van der Waals surface area (Å²) in [6, 6.07) is 5.18. The highest BCUT2D eigenvalue weighted by Gasteiger charge is 2.13. The Kier molecular flexibility index (Phi) is 10.0. The van der Waals surface area contributed by atoms with Gasteiger partial charge in [-0.1, -0.05) is 6.07 Å². The molecule has 0 radical (unpaired) electrons. The Labute approximate surface area is 209 Å². The van der Waals surface area contributed by atoms with E-state index in [9.17, 15) is 4.39 Å². The molecule has 0 saturated heterocycles. The van der Waals surface area contributed by atoms with Crippen LogP contribution in [0.4, 0.5) is 4.39 Å². The van der Waals surface area contributed by atoms with Gasteiger partial charge in [0.05, 0.1) is 24.5 Å². The predicted molar refractivity (Wildman–Crippen MR) is 137 cm³/mol. The van der Waals surface area contributed by atoms with Crippen LogP contribution < -0.4 is 5.32 Å². The number of methoxy groups -OCH3 is 1. The summed E-state index contributed by atoms with van der Waals surface area (Å²) in [4.78, 5) is 15.5. The van der Waals surface area contributed by atoms with E-state index < -0.39 is 0 Å². The highest BCUT2D eigenvalue weighted by molar-refractivity contribution is 14.0. The number of thiazole rings is 1. The molecule has 7 nitrogen and oxygen atoms in total. The summed E-state index contributed by atoms with van der Waals surface area (Å²) in [5.41, 5.74) is 2.24. The molecule has 0 amide bonds. The van der Waals surface area contributed by atoms with Crippen molar-refractivity contribution >= 4 is 41.3 Å². The third-order valence-corrected chi connectivity index (χ3v) is 5.93. The summed E-state index contributed by atoms with van der Waals surface area (Å²) >= 11 is 1.59. The number of nitrogens with one attached hydrogen (secondary N) is 1. The van der Waals surface area contributed by atoms with E-state index >= 15 is 0 Å². The lowest BCUT2D eigenvalue weighted by Gasteiger charge is -2.21. The first-order valence-corrected chi connectivity index (χ1v) is 11.1. The molecular weight excluding hydrogens is 542 g/mol. The van der Waals surface area contributed by atoms with E-state index in [1.54, 1.807) is 41.5 Å². The number of imidazole rings is 1. The molecule has 2 aromatic heterocycles. The summed E-state index contributed by atoms with van der Waals surface area (Å²) in [5.74, 6) is 1.19. The summed E-state index contributed by atoms with van der Waals surface area (Å²) in [5, 5.41) is 6.28. The minimum Gasteiger partial charge on any atom is -0.375 e. The second-order valence-corrected chi connectivity index (χ2v) is 8.10. The second kappa shape index (κ2) is 12.3. The number of rotatable bonds is 8. The van der Waals surface area contributed by atoms with E-state index in [4.69, 9.17) is 4.74 Å². The van der Waals surface area contributed by atoms with E-state index in [0.717, 1.165) is 34.6 Å². The fraction of sp³-hybridized carbons (Fsp3) is 0.409. The fourth-order valence-electron chi connectivity index (χ4n) is 3.11. The molecule has 32 heavy (non-hydrogen) atoms. The lowest BCUT2D eigenvalue weighted by molar-refractivity contribution is 0.119. The average Bonchev–Trinajstić information content (AvgIpc) is 3.39. The number of nitrogens with zero attached hydrogens (tertiary/aromatic N) is 5. The number of hydrogen-bond acceptors (Lipinski definition) is 5. The maximum atomic E-state index is 14.7. The van der Waals surface area contributed by atoms with Crippen LogP contribution in [0.5, 0.6) is 0 Å². The Morgan fingerprint density at radius 3 is 2.81 bits per heavy atom. The molecule has 0 spiro atoms. The first-order valence-electron chi connectivity index (χ1n) is 10.2. The van der Waals surface area contributed by atoms with Gasteiger partial charge in [-0.3, -0.25) is 0 Å². The van der Waals surface area contributed by atoms with Crippen molar-refractivity contribution in [3.63, 3.8) is 0 Å². The lowest BCUT2D eigenvalue weighted by atomic mass is 10.2. The standard InChI is InChI=1S/C22H29FN6OS.HI/c1-6-24-22(28(4)13-18-14-31-21(27-18)15(2)30-5)26-12-17-7-8-20(19(23)11-17)29-10-9-25-16(29)3;/h7-11,14-15H,6,12-13H2,1-5H3,(H,24,26);1H. The third kappa shape index (κ3) is 6.48. The van der Waals surface area contributed by atoms with Crippen LogP contribution in [0.2, 0.25) is 0 Å². The monoisotopic (exact) mass is 572 g/mol.